The fraction of sp³-hybridized carbons (Fsp3) is 0.292. The van der Waals surface area contributed by atoms with Crippen LogP contribution in [0.5, 0.6) is 11.5 Å². The van der Waals surface area contributed by atoms with Crippen molar-refractivity contribution in [2.75, 3.05) is 28.4 Å². The number of ether oxygens (including phenoxy) is 4. The number of fused-ring (bicyclic) bond motifs is 1. The lowest BCUT2D eigenvalue weighted by Gasteiger charge is -2.09. The van der Waals surface area contributed by atoms with Gasteiger partial charge in [0.25, 0.3) is 0 Å². The third kappa shape index (κ3) is 4.27. The van der Waals surface area contributed by atoms with Crippen molar-refractivity contribution in [1.29, 1.82) is 0 Å². The van der Waals surface area contributed by atoms with Crippen molar-refractivity contribution in [1.82, 2.24) is 4.98 Å². The van der Waals surface area contributed by atoms with Gasteiger partial charge < -0.3 is 23.4 Å². The van der Waals surface area contributed by atoms with Crippen molar-refractivity contribution in [2.24, 2.45) is 0 Å². The number of nitrogens with zero attached hydrogens (tertiary/aromatic N) is 1. The summed E-state index contributed by atoms with van der Waals surface area (Å²) in [6.07, 6.45) is 5.76. The molecule has 0 N–H and O–H groups in total. The van der Waals surface area contributed by atoms with E-state index in [0.29, 0.717) is 17.3 Å². The van der Waals surface area contributed by atoms with Crippen LogP contribution in [-0.2, 0) is 9.47 Å². The average molecular weight is 409 g/mol. The fourth-order valence-electron chi connectivity index (χ4n) is 3.21. The maximum absolute atomic E-state index is 6.22. The normalized spacial score (nSPS) is 13.3. The maximum Gasteiger partial charge on any atom is 0.161 e. The van der Waals surface area contributed by atoms with Crippen LogP contribution in [0.15, 0.2) is 64.6 Å². The molecule has 0 bridgehead atoms. The molecule has 1 unspecified atom stereocenters. The van der Waals surface area contributed by atoms with E-state index in [2.05, 4.69) is 18.0 Å². The Balaban J connectivity index is 1.98. The molecule has 0 aliphatic rings. The Bertz CT molecular complexity index is 1080. The molecule has 30 heavy (non-hydrogen) atoms. The minimum Gasteiger partial charge on any atom is -0.498 e. The van der Waals surface area contributed by atoms with E-state index >= 15 is 0 Å². The van der Waals surface area contributed by atoms with E-state index < -0.39 is 0 Å². The number of rotatable bonds is 8. The maximum atomic E-state index is 6.22. The summed E-state index contributed by atoms with van der Waals surface area (Å²) in [5.41, 5.74) is 3.48. The molecule has 0 fully saturated rings. The van der Waals surface area contributed by atoms with Gasteiger partial charge in [0.1, 0.15) is 17.0 Å². The number of furan rings is 1. The molecular formula is C24H27NO5. The van der Waals surface area contributed by atoms with Crippen LogP contribution in [0, 0.1) is 0 Å². The van der Waals surface area contributed by atoms with Crippen LogP contribution in [0.3, 0.4) is 0 Å². The van der Waals surface area contributed by atoms with Gasteiger partial charge in [0.2, 0.25) is 0 Å². The van der Waals surface area contributed by atoms with Gasteiger partial charge in [-0.2, -0.15) is 0 Å². The summed E-state index contributed by atoms with van der Waals surface area (Å²) in [5.74, 6) is 3.51. The first-order valence-electron chi connectivity index (χ1n) is 9.60. The monoisotopic (exact) mass is 409 g/mol. The molecule has 0 spiro atoms. The SMILES string of the molecule is COC(C)=C(C=CC(C)c1ccnc2cc(-c3ccc(OC)c(OC)c3)oc12)OC. The van der Waals surface area contributed by atoms with E-state index in [-0.39, 0.29) is 5.92 Å². The van der Waals surface area contributed by atoms with Gasteiger partial charge in [-0.3, -0.25) is 4.98 Å². The van der Waals surface area contributed by atoms with Gasteiger partial charge >= 0.3 is 0 Å². The van der Waals surface area contributed by atoms with E-state index in [1.807, 2.05) is 43.3 Å². The van der Waals surface area contributed by atoms with Crippen molar-refractivity contribution in [3.8, 4) is 22.8 Å². The molecule has 0 radical (unpaired) electrons. The molecule has 0 aliphatic carbocycles. The second kappa shape index (κ2) is 9.39. The number of hydrogen-bond donors (Lipinski definition) is 0. The summed E-state index contributed by atoms with van der Waals surface area (Å²) in [4.78, 5) is 4.47. The van der Waals surface area contributed by atoms with Crippen molar-refractivity contribution in [2.45, 2.75) is 19.8 Å². The lowest BCUT2D eigenvalue weighted by Crippen LogP contribution is -1.94. The zero-order valence-electron chi connectivity index (χ0n) is 18.2. The third-order valence-corrected chi connectivity index (χ3v) is 5.01. The summed E-state index contributed by atoms with van der Waals surface area (Å²) < 4.78 is 27.6. The Hall–Kier alpha value is -3.41. The van der Waals surface area contributed by atoms with Crippen LogP contribution in [0.2, 0.25) is 0 Å². The first-order valence-corrected chi connectivity index (χ1v) is 9.60. The minimum atomic E-state index is 0.0784. The molecule has 6 heteroatoms. The van der Waals surface area contributed by atoms with E-state index in [9.17, 15) is 0 Å². The highest BCUT2D eigenvalue weighted by Crippen LogP contribution is 2.36. The number of methoxy groups -OCH3 is 4. The van der Waals surface area contributed by atoms with E-state index in [0.717, 1.165) is 33.7 Å². The highest BCUT2D eigenvalue weighted by molar-refractivity contribution is 5.82. The zero-order valence-corrected chi connectivity index (χ0v) is 18.2. The molecule has 3 rings (SSSR count). The van der Waals surface area contributed by atoms with Gasteiger partial charge in [0.05, 0.1) is 28.4 Å². The molecule has 2 aromatic heterocycles. The summed E-state index contributed by atoms with van der Waals surface area (Å²) >= 11 is 0. The van der Waals surface area contributed by atoms with Crippen LogP contribution in [-0.4, -0.2) is 33.4 Å². The highest BCUT2D eigenvalue weighted by Gasteiger charge is 2.16. The smallest absolute Gasteiger partial charge is 0.161 e. The molecule has 3 aromatic rings. The Morgan fingerprint density at radius 2 is 1.77 bits per heavy atom. The second-order valence-electron chi connectivity index (χ2n) is 6.77. The molecule has 1 aromatic carbocycles. The average Bonchev–Trinajstić information content (AvgIpc) is 3.22. The lowest BCUT2D eigenvalue weighted by atomic mass is 10.0. The summed E-state index contributed by atoms with van der Waals surface area (Å²) in [5, 5.41) is 0. The van der Waals surface area contributed by atoms with E-state index in [1.54, 1.807) is 34.6 Å². The molecule has 1 atom stereocenters. The topological polar surface area (TPSA) is 63.0 Å². The molecule has 158 valence electrons. The third-order valence-electron chi connectivity index (χ3n) is 5.01. The molecule has 0 saturated carbocycles. The van der Waals surface area contributed by atoms with Gasteiger partial charge in [-0.05, 0) is 37.3 Å². The summed E-state index contributed by atoms with van der Waals surface area (Å²) in [6.45, 7) is 3.96. The van der Waals surface area contributed by atoms with Crippen LogP contribution in [0.1, 0.15) is 25.3 Å². The number of benzene rings is 1. The number of aromatic nitrogens is 1. The number of allylic oxidation sites excluding steroid dienone is 3. The molecule has 2 heterocycles. The van der Waals surface area contributed by atoms with E-state index in [1.165, 1.54) is 0 Å². The zero-order chi connectivity index (χ0) is 21.7. The highest BCUT2D eigenvalue weighted by atomic mass is 16.5. The quantitative estimate of drug-likeness (QED) is 0.351. The van der Waals surface area contributed by atoms with Crippen molar-refractivity contribution >= 4 is 11.1 Å². The number of pyridine rings is 1. The Labute approximate surface area is 176 Å². The predicted molar refractivity (Wildman–Crippen MR) is 117 cm³/mol. The van der Waals surface area contributed by atoms with Gasteiger partial charge in [0.15, 0.2) is 22.8 Å². The van der Waals surface area contributed by atoms with Gasteiger partial charge in [-0.1, -0.05) is 13.0 Å². The van der Waals surface area contributed by atoms with Gasteiger partial charge in [-0.15, -0.1) is 0 Å². The molecule has 6 nitrogen and oxygen atoms in total. The molecule has 0 saturated heterocycles. The molecular weight excluding hydrogens is 382 g/mol. The van der Waals surface area contributed by atoms with Crippen molar-refractivity contribution < 1.29 is 23.4 Å². The van der Waals surface area contributed by atoms with Crippen LogP contribution in [0.25, 0.3) is 22.4 Å². The summed E-state index contributed by atoms with van der Waals surface area (Å²) in [7, 11) is 6.47. The van der Waals surface area contributed by atoms with E-state index in [4.69, 9.17) is 23.4 Å². The standard InChI is InChI=1S/C24H27NO5/c1-15(7-9-20(27-4)16(2)26-3)18-11-12-25-19-14-22(30-24(18)19)17-8-10-21(28-5)23(13-17)29-6/h7-15H,1-6H3. The van der Waals surface area contributed by atoms with Crippen LogP contribution < -0.4 is 9.47 Å². The van der Waals surface area contributed by atoms with Gasteiger partial charge in [-0.25, -0.2) is 0 Å². The Morgan fingerprint density at radius 3 is 2.43 bits per heavy atom. The molecule has 0 aliphatic heterocycles. The second-order valence-corrected chi connectivity index (χ2v) is 6.77. The Morgan fingerprint density at radius 1 is 1.00 bits per heavy atom. The van der Waals surface area contributed by atoms with Crippen LogP contribution >= 0.6 is 0 Å². The number of hydrogen-bond acceptors (Lipinski definition) is 6. The van der Waals surface area contributed by atoms with Crippen LogP contribution in [0.4, 0.5) is 0 Å². The first-order chi connectivity index (χ1) is 14.5. The first kappa shape index (κ1) is 21.3. The van der Waals surface area contributed by atoms with Crippen molar-refractivity contribution in [3.05, 3.63) is 65.8 Å². The molecule has 0 amide bonds. The Kier molecular flexibility index (Phi) is 6.67. The summed E-state index contributed by atoms with van der Waals surface area (Å²) in [6, 6.07) is 9.59. The van der Waals surface area contributed by atoms with Gasteiger partial charge in [0, 0.05) is 29.3 Å². The van der Waals surface area contributed by atoms with Crippen molar-refractivity contribution in [3.63, 3.8) is 0 Å². The largest absolute Gasteiger partial charge is 0.498 e. The lowest BCUT2D eigenvalue weighted by molar-refractivity contribution is 0.232. The predicted octanol–water partition coefficient (Wildman–Crippen LogP) is 5.70. The minimum absolute atomic E-state index is 0.0784. The fourth-order valence-corrected chi connectivity index (χ4v) is 3.21.